The molecule has 2 aliphatic heterocycles. The number of hydrogen-bond donors (Lipinski definition) is 1. The molecule has 2 heterocycles. The van der Waals surface area contributed by atoms with Crippen molar-refractivity contribution in [2.75, 3.05) is 39.4 Å². The number of likely N-dealkylation sites (tertiary alicyclic amines) is 1. The van der Waals surface area contributed by atoms with Crippen molar-refractivity contribution in [2.24, 2.45) is 0 Å². The van der Waals surface area contributed by atoms with Gasteiger partial charge in [0, 0.05) is 36.8 Å². The van der Waals surface area contributed by atoms with E-state index >= 15 is 0 Å². The molecule has 1 atom stereocenters. The van der Waals surface area contributed by atoms with Crippen LogP contribution in [0.2, 0.25) is 5.02 Å². The van der Waals surface area contributed by atoms with Gasteiger partial charge in [-0.05, 0) is 24.6 Å². The number of hydrogen-bond acceptors (Lipinski definition) is 5. The van der Waals surface area contributed by atoms with Gasteiger partial charge in [-0.25, -0.2) is 0 Å². The van der Waals surface area contributed by atoms with Crippen LogP contribution in [0.4, 0.5) is 0 Å². The molecule has 7 heteroatoms. The molecular formula is C24H25ClN2O4. The number of nitrogens with zero attached hydrogens (tertiary/aromatic N) is 2. The van der Waals surface area contributed by atoms with Crippen LogP contribution >= 0.6 is 11.6 Å². The zero-order valence-electron chi connectivity index (χ0n) is 17.4. The summed E-state index contributed by atoms with van der Waals surface area (Å²) in [6, 6.07) is 13.6. The standard InChI is InChI=1S/C24H25ClN2O4/c1-16-2-4-18(5-3-16)22(28)20-21(17-6-8-19(25)9-7-17)27(24(30)23(20)29)11-10-26-12-14-31-15-13-26/h2-9,21,28H,10-15H2,1H3/t21-/m1/s1. The average molecular weight is 441 g/mol. The Morgan fingerprint density at radius 3 is 2.32 bits per heavy atom. The van der Waals surface area contributed by atoms with Crippen LogP contribution < -0.4 is 0 Å². The third kappa shape index (κ3) is 4.51. The van der Waals surface area contributed by atoms with E-state index in [4.69, 9.17) is 16.3 Å². The van der Waals surface area contributed by atoms with Gasteiger partial charge in [0.1, 0.15) is 5.76 Å². The summed E-state index contributed by atoms with van der Waals surface area (Å²) in [6.07, 6.45) is 0. The van der Waals surface area contributed by atoms with Crippen molar-refractivity contribution in [3.8, 4) is 0 Å². The summed E-state index contributed by atoms with van der Waals surface area (Å²) in [5.74, 6) is -1.42. The number of ether oxygens (including phenoxy) is 1. The number of ketones is 1. The Morgan fingerprint density at radius 2 is 1.68 bits per heavy atom. The van der Waals surface area contributed by atoms with Crippen molar-refractivity contribution in [3.05, 3.63) is 75.8 Å². The molecule has 162 valence electrons. The number of halogens is 1. The van der Waals surface area contributed by atoms with Gasteiger partial charge in [0.15, 0.2) is 0 Å². The SMILES string of the molecule is Cc1ccc(C(O)=C2C(=O)C(=O)N(CCN3CCOCC3)[C@@H]2c2ccc(Cl)cc2)cc1. The molecule has 6 nitrogen and oxygen atoms in total. The van der Waals surface area contributed by atoms with Crippen molar-refractivity contribution >= 4 is 29.1 Å². The monoisotopic (exact) mass is 440 g/mol. The highest BCUT2D eigenvalue weighted by atomic mass is 35.5. The topological polar surface area (TPSA) is 70.1 Å². The Hall–Kier alpha value is -2.67. The maximum Gasteiger partial charge on any atom is 0.295 e. The summed E-state index contributed by atoms with van der Waals surface area (Å²) in [7, 11) is 0. The minimum atomic E-state index is -0.667. The maximum absolute atomic E-state index is 13.0. The van der Waals surface area contributed by atoms with Crippen molar-refractivity contribution < 1.29 is 19.4 Å². The number of Topliss-reactive ketones (excluding diaryl/α,β-unsaturated/α-hetero) is 1. The number of carbonyl (C=O) groups is 2. The number of aliphatic hydroxyl groups is 1. The van der Waals surface area contributed by atoms with Gasteiger partial charge in [-0.1, -0.05) is 53.6 Å². The second kappa shape index (κ2) is 9.22. The lowest BCUT2D eigenvalue weighted by Gasteiger charge is -2.31. The van der Waals surface area contributed by atoms with E-state index in [2.05, 4.69) is 4.90 Å². The third-order valence-corrected chi connectivity index (χ3v) is 6.06. The number of aliphatic hydroxyl groups excluding tert-OH is 1. The fraction of sp³-hybridized carbons (Fsp3) is 0.333. The second-order valence-electron chi connectivity index (χ2n) is 7.86. The van der Waals surface area contributed by atoms with E-state index in [9.17, 15) is 14.7 Å². The minimum absolute atomic E-state index is 0.109. The van der Waals surface area contributed by atoms with Gasteiger partial charge in [0.05, 0.1) is 24.8 Å². The lowest BCUT2D eigenvalue weighted by atomic mass is 9.95. The first-order valence-electron chi connectivity index (χ1n) is 10.4. The van der Waals surface area contributed by atoms with E-state index in [0.29, 0.717) is 36.9 Å². The molecule has 1 N–H and O–H groups in total. The predicted molar refractivity (Wildman–Crippen MR) is 119 cm³/mol. The molecule has 1 amide bonds. The summed E-state index contributed by atoms with van der Waals surface area (Å²) < 4.78 is 5.39. The van der Waals surface area contributed by atoms with Crippen molar-refractivity contribution in [2.45, 2.75) is 13.0 Å². The molecule has 2 fully saturated rings. The van der Waals surface area contributed by atoms with Crippen LogP contribution in [0.15, 0.2) is 54.1 Å². The Kier molecular flexibility index (Phi) is 6.41. The minimum Gasteiger partial charge on any atom is -0.507 e. The van der Waals surface area contributed by atoms with E-state index in [1.54, 1.807) is 41.3 Å². The smallest absolute Gasteiger partial charge is 0.295 e. The van der Waals surface area contributed by atoms with Crippen molar-refractivity contribution in [1.82, 2.24) is 9.80 Å². The number of benzene rings is 2. The normalized spacial score (nSPS) is 21.6. The molecule has 4 rings (SSSR count). The molecular weight excluding hydrogens is 416 g/mol. The average Bonchev–Trinajstić information content (AvgIpc) is 3.04. The van der Waals surface area contributed by atoms with Gasteiger partial charge in [0.25, 0.3) is 11.7 Å². The second-order valence-corrected chi connectivity index (χ2v) is 8.30. The highest BCUT2D eigenvalue weighted by Gasteiger charge is 2.46. The quantitative estimate of drug-likeness (QED) is 0.438. The molecule has 0 radical (unpaired) electrons. The number of rotatable bonds is 5. The summed E-state index contributed by atoms with van der Waals surface area (Å²) in [5.41, 5.74) is 2.39. The molecule has 0 aliphatic carbocycles. The van der Waals surface area contributed by atoms with Crippen LogP contribution in [0.3, 0.4) is 0 Å². The molecule has 0 saturated carbocycles. The van der Waals surface area contributed by atoms with Crippen LogP contribution in [0.1, 0.15) is 22.7 Å². The van der Waals surface area contributed by atoms with Gasteiger partial charge < -0.3 is 14.7 Å². The van der Waals surface area contributed by atoms with E-state index in [0.717, 1.165) is 24.2 Å². The Bertz CT molecular complexity index is 995. The first kappa shape index (κ1) is 21.6. The van der Waals surface area contributed by atoms with E-state index in [1.165, 1.54) is 0 Å². The van der Waals surface area contributed by atoms with E-state index in [-0.39, 0.29) is 11.3 Å². The number of aryl methyl sites for hydroxylation is 1. The summed E-state index contributed by atoms with van der Waals surface area (Å²) in [5, 5.41) is 11.6. The molecule has 0 unspecified atom stereocenters. The summed E-state index contributed by atoms with van der Waals surface area (Å²) in [6.45, 7) is 5.85. The molecule has 0 bridgehead atoms. The van der Waals surface area contributed by atoms with Gasteiger partial charge in [-0.15, -0.1) is 0 Å². The molecule has 2 saturated heterocycles. The highest BCUT2D eigenvalue weighted by molar-refractivity contribution is 6.46. The Balaban J connectivity index is 1.72. The van der Waals surface area contributed by atoms with E-state index < -0.39 is 17.7 Å². The van der Waals surface area contributed by atoms with Gasteiger partial charge in [-0.3, -0.25) is 14.5 Å². The number of amides is 1. The summed E-state index contributed by atoms with van der Waals surface area (Å²) in [4.78, 5) is 29.8. The number of morpholine rings is 1. The van der Waals surface area contributed by atoms with Crippen LogP contribution in [0, 0.1) is 6.92 Å². The van der Waals surface area contributed by atoms with Crippen LogP contribution in [0.25, 0.3) is 5.76 Å². The first-order chi connectivity index (χ1) is 15.0. The lowest BCUT2D eigenvalue weighted by Crippen LogP contribution is -2.42. The molecule has 0 spiro atoms. The van der Waals surface area contributed by atoms with E-state index in [1.807, 2.05) is 19.1 Å². The molecule has 2 aliphatic rings. The van der Waals surface area contributed by atoms with Crippen molar-refractivity contribution in [3.63, 3.8) is 0 Å². The first-order valence-corrected chi connectivity index (χ1v) is 10.7. The highest BCUT2D eigenvalue weighted by Crippen LogP contribution is 2.39. The Morgan fingerprint density at radius 1 is 1.03 bits per heavy atom. The van der Waals surface area contributed by atoms with Crippen LogP contribution in [-0.2, 0) is 14.3 Å². The zero-order chi connectivity index (χ0) is 22.0. The number of carbonyl (C=O) groups excluding carboxylic acids is 2. The zero-order valence-corrected chi connectivity index (χ0v) is 18.1. The lowest BCUT2D eigenvalue weighted by molar-refractivity contribution is -0.140. The molecule has 0 aromatic heterocycles. The molecule has 2 aromatic carbocycles. The van der Waals surface area contributed by atoms with Crippen molar-refractivity contribution in [1.29, 1.82) is 0 Å². The molecule has 31 heavy (non-hydrogen) atoms. The summed E-state index contributed by atoms with van der Waals surface area (Å²) >= 11 is 6.06. The van der Waals surface area contributed by atoms with Crippen LogP contribution in [0.5, 0.6) is 0 Å². The van der Waals surface area contributed by atoms with Gasteiger partial charge in [-0.2, -0.15) is 0 Å². The Labute approximate surface area is 186 Å². The third-order valence-electron chi connectivity index (χ3n) is 5.81. The fourth-order valence-corrected chi connectivity index (χ4v) is 4.17. The van der Waals surface area contributed by atoms with Crippen LogP contribution in [-0.4, -0.2) is 66.0 Å². The van der Waals surface area contributed by atoms with Gasteiger partial charge >= 0.3 is 0 Å². The largest absolute Gasteiger partial charge is 0.507 e. The fourth-order valence-electron chi connectivity index (χ4n) is 4.04. The molecule has 2 aromatic rings. The maximum atomic E-state index is 13.0. The van der Waals surface area contributed by atoms with Gasteiger partial charge in [0.2, 0.25) is 0 Å². The predicted octanol–water partition coefficient (Wildman–Crippen LogP) is 3.40.